The van der Waals surface area contributed by atoms with Crippen molar-refractivity contribution in [1.82, 2.24) is 4.90 Å². The first-order valence-electron chi connectivity index (χ1n) is 11.6. The minimum absolute atomic E-state index is 0.0595. The second-order valence-electron chi connectivity index (χ2n) is 8.90. The summed E-state index contributed by atoms with van der Waals surface area (Å²) < 4.78 is 28.4. The molecule has 5 nitrogen and oxygen atoms in total. The fourth-order valence-electron chi connectivity index (χ4n) is 4.42. The molecule has 0 heterocycles. The number of amides is 2. The molecule has 188 valence electrons. The molecule has 3 aromatic rings. The van der Waals surface area contributed by atoms with Crippen LogP contribution >= 0.6 is 27.5 Å². The molecule has 0 radical (unpaired) electrons. The van der Waals surface area contributed by atoms with E-state index < -0.39 is 17.5 Å². The van der Waals surface area contributed by atoms with Gasteiger partial charge < -0.3 is 16.0 Å². The monoisotopic (exact) mass is 575 g/mol. The van der Waals surface area contributed by atoms with E-state index in [0.717, 1.165) is 31.0 Å². The number of hydrogen-bond acceptors (Lipinski definition) is 3. The first-order valence-corrected chi connectivity index (χ1v) is 12.8. The molecule has 3 aromatic carbocycles. The molecule has 0 bridgehead atoms. The lowest BCUT2D eigenvalue weighted by Gasteiger charge is -2.36. The third-order valence-electron chi connectivity index (χ3n) is 6.32. The van der Waals surface area contributed by atoms with Crippen LogP contribution in [-0.2, 0) is 6.54 Å². The van der Waals surface area contributed by atoms with Gasteiger partial charge in [-0.1, -0.05) is 23.7 Å². The molecule has 0 spiro atoms. The maximum absolute atomic E-state index is 13.9. The average molecular weight is 577 g/mol. The average Bonchev–Trinajstić information content (AvgIpc) is 2.84. The molecule has 1 aliphatic carbocycles. The first kappa shape index (κ1) is 26.3. The van der Waals surface area contributed by atoms with Crippen LogP contribution in [0.25, 0.3) is 0 Å². The van der Waals surface area contributed by atoms with E-state index in [0.29, 0.717) is 39.2 Å². The summed E-state index contributed by atoms with van der Waals surface area (Å²) in [6, 6.07) is 14.8. The van der Waals surface area contributed by atoms with Gasteiger partial charge in [-0.05, 0) is 89.6 Å². The fraction of sp³-hybridized carbons (Fsp3) is 0.259. The van der Waals surface area contributed by atoms with Gasteiger partial charge in [-0.25, -0.2) is 8.78 Å². The highest BCUT2D eigenvalue weighted by Gasteiger charge is 2.29. The van der Waals surface area contributed by atoms with Gasteiger partial charge >= 0.3 is 0 Å². The van der Waals surface area contributed by atoms with Crippen molar-refractivity contribution in [3.8, 4) is 0 Å². The number of nitrogens with one attached hydrogen (secondary N) is 1. The van der Waals surface area contributed by atoms with Gasteiger partial charge in [-0.3, -0.25) is 9.59 Å². The van der Waals surface area contributed by atoms with Gasteiger partial charge in [0.1, 0.15) is 11.6 Å². The lowest BCUT2D eigenvalue weighted by atomic mass is 9.90. The first-order chi connectivity index (χ1) is 17.2. The van der Waals surface area contributed by atoms with Crippen LogP contribution in [0, 0.1) is 11.6 Å². The van der Waals surface area contributed by atoms with E-state index in [2.05, 4.69) is 21.2 Å². The minimum atomic E-state index is -0.821. The number of nitrogens with zero attached hydrogens (tertiary/aromatic N) is 1. The van der Waals surface area contributed by atoms with Crippen LogP contribution in [0.4, 0.5) is 14.5 Å². The number of hydrogen-bond donors (Lipinski definition) is 2. The molecule has 1 saturated carbocycles. The lowest BCUT2D eigenvalue weighted by Crippen LogP contribution is -2.44. The number of anilines is 1. The quantitative estimate of drug-likeness (QED) is 0.350. The van der Waals surface area contributed by atoms with Crippen LogP contribution < -0.4 is 11.1 Å². The van der Waals surface area contributed by atoms with Gasteiger partial charge in [0.2, 0.25) is 0 Å². The summed E-state index contributed by atoms with van der Waals surface area (Å²) in [6.45, 7) is 0.106. The molecule has 9 heteroatoms. The zero-order chi connectivity index (χ0) is 25.8. The lowest BCUT2D eigenvalue weighted by molar-refractivity contribution is 0.0605. The highest BCUT2D eigenvalue weighted by molar-refractivity contribution is 9.10. The van der Waals surface area contributed by atoms with E-state index in [4.69, 9.17) is 17.3 Å². The van der Waals surface area contributed by atoms with E-state index in [-0.39, 0.29) is 30.1 Å². The Hall–Kier alpha value is -2.81. The maximum atomic E-state index is 13.9. The molecule has 4 rings (SSSR count). The van der Waals surface area contributed by atoms with Gasteiger partial charge in [0, 0.05) is 45.4 Å². The summed E-state index contributed by atoms with van der Waals surface area (Å²) in [5, 5.41) is 3.26. The topological polar surface area (TPSA) is 75.4 Å². The van der Waals surface area contributed by atoms with E-state index in [1.807, 2.05) is 6.07 Å². The van der Waals surface area contributed by atoms with Gasteiger partial charge in [0.25, 0.3) is 11.8 Å². The van der Waals surface area contributed by atoms with E-state index in [1.54, 1.807) is 41.3 Å². The molecule has 0 aromatic heterocycles. The summed E-state index contributed by atoms with van der Waals surface area (Å²) >= 11 is 9.86. The van der Waals surface area contributed by atoms with Crippen LogP contribution in [0.15, 0.2) is 65.1 Å². The molecule has 2 amide bonds. The van der Waals surface area contributed by atoms with Crippen molar-refractivity contribution in [3.63, 3.8) is 0 Å². The Morgan fingerprint density at radius 1 is 1.00 bits per heavy atom. The van der Waals surface area contributed by atoms with Crippen LogP contribution in [0.2, 0.25) is 5.02 Å². The molecule has 0 aliphatic heterocycles. The number of halogens is 4. The zero-order valence-electron chi connectivity index (χ0n) is 19.3. The fourth-order valence-corrected chi connectivity index (χ4v) is 5.07. The Bertz CT molecular complexity index is 1260. The van der Waals surface area contributed by atoms with Gasteiger partial charge in [-0.2, -0.15) is 0 Å². The van der Waals surface area contributed by atoms with Gasteiger partial charge in [-0.15, -0.1) is 0 Å². The van der Waals surface area contributed by atoms with Gasteiger partial charge in [0.05, 0.1) is 5.56 Å². The molecule has 36 heavy (non-hydrogen) atoms. The van der Waals surface area contributed by atoms with E-state index in [1.165, 1.54) is 0 Å². The van der Waals surface area contributed by atoms with E-state index >= 15 is 0 Å². The molecule has 0 atom stereocenters. The normalized spacial score (nSPS) is 17.5. The predicted molar refractivity (Wildman–Crippen MR) is 140 cm³/mol. The third-order valence-corrected chi connectivity index (χ3v) is 7.38. The smallest absolute Gasteiger partial charge is 0.256 e. The summed E-state index contributed by atoms with van der Waals surface area (Å²) in [4.78, 5) is 27.8. The summed E-state index contributed by atoms with van der Waals surface area (Å²) in [6.07, 6.45) is 2.81. The molecular formula is C27H25BrClF2N3O2. The van der Waals surface area contributed by atoms with E-state index in [9.17, 15) is 18.4 Å². The van der Waals surface area contributed by atoms with Crippen molar-refractivity contribution >= 4 is 45.0 Å². The molecule has 1 fully saturated rings. The summed E-state index contributed by atoms with van der Waals surface area (Å²) in [7, 11) is 0. The van der Waals surface area contributed by atoms with Crippen molar-refractivity contribution in [2.75, 3.05) is 5.32 Å². The summed E-state index contributed by atoms with van der Waals surface area (Å²) in [5.41, 5.74) is 7.56. The Kier molecular flexibility index (Phi) is 8.39. The summed E-state index contributed by atoms with van der Waals surface area (Å²) in [5.74, 6) is -2.44. The SMILES string of the molecule is NC1CCC(N(Cc2cc(NC(=O)c3ccccc3Br)ccc2Cl)C(=O)c2cc(F)cc(F)c2)CC1. The van der Waals surface area contributed by atoms with Crippen LogP contribution in [0.1, 0.15) is 52.0 Å². The van der Waals surface area contributed by atoms with Crippen molar-refractivity contribution in [2.45, 2.75) is 44.3 Å². The largest absolute Gasteiger partial charge is 0.331 e. The highest BCUT2D eigenvalue weighted by Crippen LogP contribution is 2.29. The molecule has 3 N–H and O–H groups in total. The van der Waals surface area contributed by atoms with Crippen molar-refractivity contribution in [1.29, 1.82) is 0 Å². The molecule has 0 saturated heterocycles. The molecule has 1 aliphatic rings. The number of carbonyl (C=O) groups is 2. The minimum Gasteiger partial charge on any atom is -0.331 e. The van der Waals surface area contributed by atoms with Crippen LogP contribution in [-0.4, -0.2) is 28.8 Å². The highest BCUT2D eigenvalue weighted by atomic mass is 79.9. The van der Waals surface area contributed by atoms with Crippen LogP contribution in [0.3, 0.4) is 0 Å². The number of nitrogens with two attached hydrogens (primary N) is 1. The van der Waals surface area contributed by atoms with Crippen molar-refractivity contribution in [3.05, 3.63) is 98.5 Å². The number of benzene rings is 3. The maximum Gasteiger partial charge on any atom is 0.256 e. The standard InChI is InChI=1S/C27H25BrClF2N3O2/c28-24-4-2-1-3-23(24)26(35)33-21-7-10-25(29)17(13-21)15-34(22-8-5-20(32)6-9-22)27(36)16-11-18(30)14-19(31)12-16/h1-4,7,10-14,20,22H,5-6,8-9,15,32H2,(H,33,35). The van der Waals surface area contributed by atoms with Gasteiger partial charge in [0.15, 0.2) is 0 Å². The zero-order valence-corrected chi connectivity index (χ0v) is 21.7. The predicted octanol–water partition coefficient (Wildman–Crippen LogP) is 6.55. The second-order valence-corrected chi connectivity index (χ2v) is 10.2. The Morgan fingerprint density at radius 3 is 2.33 bits per heavy atom. The Morgan fingerprint density at radius 2 is 1.67 bits per heavy atom. The van der Waals surface area contributed by atoms with Crippen molar-refractivity contribution < 1.29 is 18.4 Å². The van der Waals surface area contributed by atoms with Crippen molar-refractivity contribution in [2.24, 2.45) is 5.73 Å². The number of carbonyl (C=O) groups excluding carboxylic acids is 2. The number of rotatable bonds is 6. The van der Waals surface area contributed by atoms with Crippen LogP contribution in [0.5, 0.6) is 0 Å². The second kappa shape index (κ2) is 11.5. The molecule has 0 unspecified atom stereocenters. The molecular weight excluding hydrogens is 552 g/mol. The third kappa shape index (κ3) is 6.30. The Labute approximate surface area is 221 Å². The Balaban J connectivity index is 1.62.